The second kappa shape index (κ2) is 8.07. The SMILES string of the molecule is CCOc1ccccc1NC(=O)[C@@H](C#N)C1=C(Cl)C(=O)c2ccccc2C1=O. The van der Waals surface area contributed by atoms with Crippen LogP contribution in [0.15, 0.2) is 59.1 Å². The highest BCUT2D eigenvalue weighted by Crippen LogP contribution is 2.33. The molecular formula is C21H15ClN2O4. The van der Waals surface area contributed by atoms with E-state index in [4.69, 9.17) is 16.3 Å². The number of rotatable bonds is 5. The lowest BCUT2D eigenvalue weighted by atomic mass is 9.83. The number of hydrogen-bond donors (Lipinski definition) is 1. The fraction of sp³-hybridized carbons (Fsp3) is 0.143. The Balaban J connectivity index is 1.97. The molecule has 2 aromatic rings. The summed E-state index contributed by atoms with van der Waals surface area (Å²) >= 11 is 6.11. The fourth-order valence-corrected chi connectivity index (χ4v) is 3.23. The van der Waals surface area contributed by atoms with Gasteiger partial charge in [0.15, 0.2) is 11.7 Å². The molecule has 2 aromatic carbocycles. The van der Waals surface area contributed by atoms with Crippen molar-refractivity contribution >= 4 is 34.8 Å². The van der Waals surface area contributed by atoms with Crippen molar-refractivity contribution in [2.24, 2.45) is 5.92 Å². The van der Waals surface area contributed by atoms with Gasteiger partial charge in [0.05, 0.1) is 23.4 Å². The van der Waals surface area contributed by atoms with Crippen molar-refractivity contribution < 1.29 is 19.1 Å². The highest BCUT2D eigenvalue weighted by atomic mass is 35.5. The Kier molecular flexibility index (Phi) is 5.57. The molecule has 1 amide bonds. The maximum Gasteiger partial charge on any atom is 0.246 e. The highest BCUT2D eigenvalue weighted by Gasteiger charge is 2.38. The van der Waals surface area contributed by atoms with Gasteiger partial charge in [0.1, 0.15) is 5.75 Å². The third kappa shape index (κ3) is 3.40. The molecule has 0 aliphatic heterocycles. The first-order valence-corrected chi connectivity index (χ1v) is 8.87. The zero-order valence-electron chi connectivity index (χ0n) is 14.9. The van der Waals surface area contributed by atoms with Gasteiger partial charge in [-0.25, -0.2) is 0 Å². The predicted octanol–water partition coefficient (Wildman–Crippen LogP) is 3.74. The molecule has 0 spiro atoms. The maximum atomic E-state index is 12.8. The van der Waals surface area contributed by atoms with Crippen molar-refractivity contribution in [3.05, 3.63) is 70.3 Å². The Hall–Kier alpha value is -3.43. The van der Waals surface area contributed by atoms with E-state index in [1.165, 1.54) is 12.1 Å². The van der Waals surface area contributed by atoms with Crippen molar-refractivity contribution in [3.63, 3.8) is 0 Å². The number of para-hydroxylation sites is 2. The van der Waals surface area contributed by atoms with Crippen LogP contribution in [0.25, 0.3) is 0 Å². The zero-order valence-corrected chi connectivity index (χ0v) is 15.6. The molecule has 0 fully saturated rings. The van der Waals surface area contributed by atoms with E-state index in [1.807, 2.05) is 0 Å². The van der Waals surface area contributed by atoms with Gasteiger partial charge in [0.2, 0.25) is 11.7 Å². The Bertz CT molecular complexity index is 1050. The first-order valence-electron chi connectivity index (χ1n) is 8.50. The van der Waals surface area contributed by atoms with Crippen molar-refractivity contribution in [1.29, 1.82) is 5.26 Å². The molecule has 0 saturated carbocycles. The summed E-state index contributed by atoms with van der Waals surface area (Å²) in [5.41, 5.74) is 0.301. The minimum atomic E-state index is -1.55. The average Bonchev–Trinajstić information content (AvgIpc) is 2.71. The largest absolute Gasteiger partial charge is 0.492 e. The maximum absolute atomic E-state index is 12.8. The number of hydrogen-bond acceptors (Lipinski definition) is 5. The number of carbonyl (C=O) groups is 3. The molecule has 0 unspecified atom stereocenters. The summed E-state index contributed by atoms with van der Waals surface area (Å²) in [7, 11) is 0. The van der Waals surface area contributed by atoms with Gasteiger partial charge in [-0.2, -0.15) is 5.26 Å². The van der Waals surface area contributed by atoms with Crippen LogP contribution < -0.4 is 10.1 Å². The lowest BCUT2D eigenvalue weighted by Gasteiger charge is -2.21. The quantitative estimate of drug-likeness (QED) is 0.833. The molecule has 140 valence electrons. The molecular weight excluding hydrogens is 380 g/mol. The third-order valence-corrected chi connectivity index (χ3v) is 4.60. The molecule has 1 atom stereocenters. The van der Waals surface area contributed by atoms with Crippen molar-refractivity contribution in [3.8, 4) is 11.8 Å². The number of nitrogens with zero attached hydrogens (tertiary/aromatic N) is 1. The Morgan fingerprint density at radius 2 is 1.71 bits per heavy atom. The van der Waals surface area contributed by atoms with E-state index >= 15 is 0 Å². The lowest BCUT2D eigenvalue weighted by molar-refractivity contribution is -0.117. The Morgan fingerprint density at radius 3 is 2.36 bits per heavy atom. The lowest BCUT2D eigenvalue weighted by Crippen LogP contribution is -2.31. The summed E-state index contributed by atoms with van der Waals surface area (Å²) < 4.78 is 5.45. The molecule has 1 aliphatic carbocycles. The van der Waals surface area contributed by atoms with Crippen LogP contribution in [-0.4, -0.2) is 24.1 Å². The number of ether oxygens (including phenoxy) is 1. The van der Waals surface area contributed by atoms with Crippen molar-refractivity contribution in [2.45, 2.75) is 6.92 Å². The summed E-state index contributed by atoms with van der Waals surface area (Å²) in [6, 6.07) is 14.6. The van der Waals surface area contributed by atoms with E-state index < -0.39 is 28.4 Å². The number of carbonyl (C=O) groups excluding carboxylic acids is 3. The molecule has 0 heterocycles. The van der Waals surface area contributed by atoms with E-state index in [0.29, 0.717) is 18.0 Å². The molecule has 1 aliphatic rings. The molecule has 28 heavy (non-hydrogen) atoms. The Morgan fingerprint density at radius 1 is 1.11 bits per heavy atom. The molecule has 1 N–H and O–H groups in total. The number of nitriles is 1. The van der Waals surface area contributed by atoms with Gasteiger partial charge >= 0.3 is 0 Å². The summed E-state index contributed by atoms with van der Waals surface area (Å²) in [6.07, 6.45) is 0. The summed E-state index contributed by atoms with van der Waals surface area (Å²) in [5.74, 6) is -3.10. The van der Waals surface area contributed by atoms with Crippen LogP contribution in [-0.2, 0) is 4.79 Å². The molecule has 0 saturated heterocycles. The number of anilines is 1. The van der Waals surface area contributed by atoms with Crippen LogP contribution in [0.2, 0.25) is 0 Å². The minimum Gasteiger partial charge on any atom is -0.492 e. The van der Waals surface area contributed by atoms with Gasteiger partial charge in [0.25, 0.3) is 0 Å². The van der Waals surface area contributed by atoms with Gasteiger partial charge in [0, 0.05) is 16.7 Å². The zero-order chi connectivity index (χ0) is 20.3. The molecule has 0 aromatic heterocycles. The number of Topliss-reactive ketones (excluding diaryl/α,β-unsaturated/α-hetero) is 2. The third-order valence-electron chi connectivity index (χ3n) is 4.22. The van der Waals surface area contributed by atoms with E-state index in [1.54, 1.807) is 49.4 Å². The van der Waals surface area contributed by atoms with Crippen molar-refractivity contribution in [2.75, 3.05) is 11.9 Å². The van der Waals surface area contributed by atoms with Crippen LogP contribution in [0.3, 0.4) is 0 Å². The first kappa shape index (κ1) is 19.3. The molecule has 0 radical (unpaired) electrons. The average molecular weight is 395 g/mol. The van der Waals surface area contributed by atoms with Gasteiger partial charge in [-0.15, -0.1) is 0 Å². The topological polar surface area (TPSA) is 96.3 Å². The number of amides is 1. The number of allylic oxidation sites excluding steroid dienone is 1. The molecule has 0 bridgehead atoms. The molecule has 3 rings (SSSR count). The first-order chi connectivity index (χ1) is 13.5. The van der Waals surface area contributed by atoms with E-state index in [2.05, 4.69) is 5.32 Å². The molecule has 7 heteroatoms. The second-order valence-corrected chi connectivity index (χ2v) is 6.29. The smallest absolute Gasteiger partial charge is 0.246 e. The number of halogens is 1. The molecule has 6 nitrogen and oxygen atoms in total. The minimum absolute atomic E-state index is 0.120. The normalized spacial score (nSPS) is 14.2. The van der Waals surface area contributed by atoms with Gasteiger partial charge < -0.3 is 10.1 Å². The summed E-state index contributed by atoms with van der Waals surface area (Å²) in [5, 5.41) is 11.7. The van der Waals surface area contributed by atoms with Crippen LogP contribution in [0, 0.1) is 17.2 Å². The van der Waals surface area contributed by atoms with Crippen LogP contribution in [0.1, 0.15) is 27.6 Å². The summed E-state index contributed by atoms with van der Waals surface area (Å²) in [6.45, 7) is 2.18. The van der Waals surface area contributed by atoms with E-state index in [9.17, 15) is 19.6 Å². The van der Waals surface area contributed by atoms with Gasteiger partial charge in [-0.05, 0) is 19.1 Å². The number of nitrogens with one attached hydrogen (secondary N) is 1. The highest BCUT2D eigenvalue weighted by molar-refractivity contribution is 6.50. The summed E-state index contributed by atoms with van der Waals surface area (Å²) in [4.78, 5) is 38.1. The van der Waals surface area contributed by atoms with Crippen LogP contribution >= 0.6 is 11.6 Å². The number of ketones is 2. The van der Waals surface area contributed by atoms with Gasteiger partial charge in [-0.1, -0.05) is 48.0 Å². The van der Waals surface area contributed by atoms with Crippen LogP contribution in [0.4, 0.5) is 5.69 Å². The number of benzene rings is 2. The van der Waals surface area contributed by atoms with E-state index in [-0.39, 0.29) is 16.7 Å². The van der Waals surface area contributed by atoms with E-state index in [0.717, 1.165) is 0 Å². The predicted molar refractivity (Wildman–Crippen MR) is 103 cm³/mol. The monoisotopic (exact) mass is 394 g/mol. The fourth-order valence-electron chi connectivity index (χ4n) is 2.93. The standard InChI is InChI=1S/C21H15ClN2O4/c1-2-28-16-10-6-5-9-15(16)24-21(27)14(11-23)17-18(22)20(26)13-8-4-3-7-12(13)19(17)25/h3-10,14H,2H2,1H3,(H,24,27)/t14-/m0/s1. The number of fused-ring (bicyclic) bond motifs is 1. The van der Waals surface area contributed by atoms with Crippen LogP contribution in [0.5, 0.6) is 5.75 Å². The van der Waals surface area contributed by atoms with Crippen molar-refractivity contribution in [1.82, 2.24) is 0 Å². The Labute approximate surface area is 166 Å². The second-order valence-electron chi connectivity index (χ2n) is 5.91. The van der Waals surface area contributed by atoms with Gasteiger partial charge in [-0.3, -0.25) is 14.4 Å².